The molecule has 0 aliphatic carbocycles. The Bertz CT molecular complexity index is 1380. The first-order chi connectivity index (χ1) is 17.5. The van der Waals surface area contributed by atoms with Gasteiger partial charge in [0.25, 0.3) is 5.91 Å². The van der Waals surface area contributed by atoms with Gasteiger partial charge in [-0.25, -0.2) is 4.68 Å². The molecule has 36 heavy (non-hydrogen) atoms. The number of rotatable bonds is 6. The van der Waals surface area contributed by atoms with Crippen molar-refractivity contribution in [3.05, 3.63) is 101 Å². The monoisotopic (exact) mass is 480 g/mol. The number of hydrogen-bond donors (Lipinski definition) is 0. The van der Waals surface area contributed by atoms with E-state index in [2.05, 4.69) is 55.2 Å². The number of benzene rings is 2. The fourth-order valence-corrected chi connectivity index (χ4v) is 4.65. The Balaban J connectivity index is 1.34. The van der Waals surface area contributed by atoms with Crippen molar-refractivity contribution in [1.29, 1.82) is 0 Å². The number of hydrogen-bond acceptors (Lipinski definition) is 4. The Hall–Kier alpha value is -3.90. The van der Waals surface area contributed by atoms with Gasteiger partial charge < -0.3 is 9.32 Å². The largest absolute Gasteiger partial charge is 0.460 e. The summed E-state index contributed by atoms with van der Waals surface area (Å²) in [5.74, 6) is 1.48. The van der Waals surface area contributed by atoms with Crippen LogP contribution < -0.4 is 0 Å². The quantitative estimate of drug-likeness (QED) is 0.364. The molecule has 3 heterocycles. The Kier molecular flexibility index (Phi) is 6.87. The van der Waals surface area contributed by atoms with E-state index in [1.165, 1.54) is 11.1 Å². The van der Waals surface area contributed by atoms with Crippen LogP contribution in [0.4, 0.5) is 0 Å². The molecular formula is C30H32N4O2. The van der Waals surface area contributed by atoms with Crippen molar-refractivity contribution in [3.63, 3.8) is 0 Å². The number of aryl methyl sites for hydroxylation is 3. The number of furan rings is 1. The van der Waals surface area contributed by atoms with Crippen LogP contribution in [0, 0.1) is 20.8 Å². The summed E-state index contributed by atoms with van der Waals surface area (Å²) in [6, 6.07) is 22.2. The summed E-state index contributed by atoms with van der Waals surface area (Å²) in [5, 5.41) is 4.81. The van der Waals surface area contributed by atoms with E-state index in [4.69, 9.17) is 9.52 Å². The molecule has 0 saturated carbocycles. The third-order valence-corrected chi connectivity index (χ3v) is 6.63. The third kappa shape index (κ3) is 5.19. The zero-order valence-electron chi connectivity index (χ0n) is 21.1. The predicted octanol–water partition coefficient (Wildman–Crippen LogP) is 5.53. The van der Waals surface area contributed by atoms with Crippen LogP contribution in [0.15, 0.2) is 77.2 Å². The van der Waals surface area contributed by atoms with Gasteiger partial charge in [-0.15, -0.1) is 0 Å². The van der Waals surface area contributed by atoms with Gasteiger partial charge in [0.05, 0.1) is 5.69 Å². The molecular weight excluding hydrogens is 448 g/mol. The lowest BCUT2D eigenvalue weighted by molar-refractivity contribution is 0.0641. The molecule has 1 amide bonds. The zero-order valence-corrected chi connectivity index (χ0v) is 21.1. The van der Waals surface area contributed by atoms with Crippen molar-refractivity contribution in [1.82, 2.24) is 19.6 Å². The SMILES string of the molecule is Cc1ccc(-n2nc(-c3ccc(C)o3)cc2C(=O)N2CCN(C/C=C/c3ccccc3)CC2)c(C)c1. The molecule has 1 saturated heterocycles. The average Bonchev–Trinajstić information content (AvgIpc) is 3.51. The van der Waals surface area contributed by atoms with E-state index in [0.29, 0.717) is 30.2 Å². The first-order valence-corrected chi connectivity index (χ1v) is 12.5. The van der Waals surface area contributed by atoms with Crippen molar-refractivity contribution in [3.8, 4) is 17.1 Å². The first-order valence-electron chi connectivity index (χ1n) is 12.5. The van der Waals surface area contributed by atoms with Crippen LogP contribution in [0.3, 0.4) is 0 Å². The lowest BCUT2D eigenvalue weighted by atomic mass is 10.1. The summed E-state index contributed by atoms with van der Waals surface area (Å²) in [5.41, 5.74) is 5.58. The van der Waals surface area contributed by atoms with Gasteiger partial charge in [-0.3, -0.25) is 9.69 Å². The van der Waals surface area contributed by atoms with Gasteiger partial charge in [-0.05, 0) is 50.1 Å². The fourth-order valence-electron chi connectivity index (χ4n) is 4.65. The summed E-state index contributed by atoms with van der Waals surface area (Å²) < 4.78 is 7.60. The maximum absolute atomic E-state index is 13.7. The Morgan fingerprint density at radius 2 is 1.72 bits per heavy atom. The minimum absolute atomic E-state index is 0.00326. The Morgan fingerprint density at radius 1 is 0.944 bits per heavy atom. The maximum atomic E-state index is 13.7. The normalized spacial score (nSPS) is 14.6. The number of amides is 1. The highest BCUT2D eigenvalue weighted by molar-refractivity contribution is 5.94. The molecule has 0 spiro atoms. The van der Waals surface area contributed by atoms with Crippen LogP contribution in [0.5, 0.6) is 0 Å². The van der Waals surface area contributed by atoms with Crippen molar-refractivity contribution < 1.29 is 9.21 Å². The summed E-state index contributed by atoms with van der Waals surface area (Å²) in [7, 11) is 0. The minimum atomic E-state index is -0.00326. The number of piperazine rings is 1. The van der Waals surface area contributed by atoms with Gasteiger partial charge in [0.15, 0.2) is 5.76 Å². The third-order valence-electron chi connectivity index (χ3n) is 6.63. The van der Waals surface area contributed by atoms with E-state index in [1.54, 1.807) is 4.68 Å². The highest BCUT2D eigenvalue weighted by Crippen LogP contribution is 2.26. The Labute approximate surface area is 212 Å². The van der Waals surface area contributed by atoms with Gasteiger partial charge >= 0.3 is 0 Å². The lowest BCUT2D eigenvalue weighted by Gasteiger charge is -2.34. The molecule has 5 rings (SSSR count). The number of carbonyl (C=O) groups is 1. The molecule has 1 aliphatic rings. The Morgan fingerprint density at radius 3 is 2.42 bits per heavy atom. The molecule has 0 radical (unpaired) electrons. The second-order valence-corrected chi connectivity index (χ2v) is 9.43. The minimum Gasteiger partial charge on any atom is -0.460 e. The van der Waals surface area contributed by atoms with E-state index in [0.717, 1.165) is 36.6 Å². The van der Waals surface area contributed by atoms with E-state index in [1.807, 2.05) is 54.3 Å². The van der Waals surface area contributed by atoms with Crippen LogP contribution in [0.25, 0.3) is 23.2 Å². The summed E-state index contributed by atoms with van der Waals surface area (Å²) in [6.45, 7) is 9.95. The van der Waals surface area contributed by atoms with Crippen molar-refractivity contribution in [2.24, 2.45) is 0 Å². The summed E-state index contributed by atoms with van der Waals surface area (Å²) >= 11 is 0. The number of aromatic nitrogens is 2. The number of carbonyl (C=O) groups excluding carboxylic acids is 1. The van der Waals surface area contributed by atoms with Crippen LogP contribution in [0.2, 0.25) is 0 Å². The molecule has 2 aromatic heterocycles. The highest BCUT2D eigenvalue weighted by atomic mass is 16.3. The summed E-state index contributed by atoms with van der Waals surface area (Å²) in [6.07, 6.45) is 4.34. The van der Waals surface area contributed by atoms with Gasteiger partial charge in [-0.1, -0.05) is 60.2 Å². The van der Waals surface area contributed by atoms with E-state index < -0.39 is 0 Å². The smallest absolute Gasteiger partial charge is 0.272 e. The van der Waals surface area contributed by atoms with Crippen LogP contribution in [-0.2, 0) is 0 Å². The highest BCUT2D eigenvalue weighted by Gasteiger charge is 2.27. The van der Waals surface area contributed by atoms with Crippen LogP contribution in [0.1, 0.15) is 32.9 Å². The zero-order chi connectivity index (χ0) is 25.1. The van der Waals surface area contributed by atoms with Gasteiger partial charge in [0, 0.05) is 38.8 Å². The molecule has 0 N–H and O–H groups in total. The van der Waals surface area contributed by atoms with Gasteiger partial charge in [-0.2, -0.15) is 5.10 Å². The molecule has 1 aliphatic heterocycles. The molecule has 0 atom stereocenters. The van der Waals surface area contributed by atoms with E-state index in [-0.39, 0.29) is 5.91 Å². The fraction of sp³-hybridized carbons (Fsp3) is 0.267. The van der Waals surface area contributed by atoms with E-state index in [9.17, 15) is 4.79 Å². The van der Waals surface area contributed by atoms with Crippen molar-refractivity contribution >= 4 is 12.0 Å². The van der Waals surface area contributed by atoms with Gasteiger partial charge in [0.2, 0.25) is 0 Å². The predicted molar refractivity (Wildman–Crippen MR) is 143 cm³/mol. The second-order valence-electron chi connectivity index (χ2n) is 9.43. The topological polar surface area (TPSA) is 54.5 Å². The average molecular weight is 481 g/mol. The molecule has 184 valence electrons. The van der Waals surface area contributed by atoms with Crippen molar-refractivity contribution in [2.45, 2.75) is 20.8 Å². The number of nitrogens with zero attached hydrogens (tertiary/aromatic N) is 4. The standard InChI is InChI=1S/C30H32N4O2/c1-22-11-13-27(23(2)20-22)34-28(21-26(31-34)29-14-12-24(3)36-29)30(35)33-18-16-32(17-19-33)15-7-10-25-8-5-4-6-9-25/h4-14,20-21H,15-19H2,1-3H3/b10-7+. The first kappa shape index (κ1) is 23.8. The van der Waals surface area contributed by atoms with Crippen LogP contribution in [-0.4, -0.2) is 58.2 Å². The van der Waals surface area contributed by atoms with Gasteiger partial charge in [0.1, 0.15) is 17.1 Å². The molecule has 0 bridgehead atoms. The summed E-state index contributed by atoms with van der Waals surface area (Å²) in [4.78, 5) is 18.0. The van der Waals surface area contributed by atoms with E-state index >= 15 is 0 Å². The maximum Gasteiger partial charge on any atom is 0.272 e. The second kappa shape index (κ2) is 10.4. The van der Waals surface area contributed by atoms with Crippen molar-refractivity contribution in [2.75, 3.05) is 32.7 Å². The molecule has 4 aromatic rings. The lowest BCUT2D eigenvalue weighted by Crippen LogP contribution is -2.49. The molecule has 6 heteroatoms. The van der Waals surface area contributed by atoms with Crippen LogP contribution >= 0.6 is 0 Å². The molecule has 2 aromatic carbocycles. The molecule has 0 unspecified atom stereocenters. The molecule has 6 nitrogen and oxygen atoms in total. The molecule has 1 fully saturated rings.